The largest absolute Gasteiger partial charge is 0.266 e. The van der Waals surface area contributed by atoms with E-state index < -0.39 is 6.08 Å². The fourth-order valence-electron chi connectivity index (χ4n) is 0.253. The van der Waals surface area contributed by atoms with Gasteiger partial charge in [-0.05, 0) is 12.5 Å². The van der Waals surface area contributed by atoms with E-state index in [0.29, 0.717) is 13.6 Å². The van der Waals surface area contributed by atoms with Crippen molar-refractivity contribution < 1.29 is 13.2 Å². The van der Waals surface area contributed by atoms with Crippen LogP contribution < -0.4 is 0 Å². The number of alkyl halides is 1. The first kappa shape index (κ1) is 11.3. The Hall–Kier alpha value is -0.470. The lowest BCUT2D eigenvalue weighted by atomic mass is 10.3. The van der Waals surface area contributed by atoms with Gasteiger partial charge in [0.25, 0.3) is 6.08 Å². The maximum atomic E-state index is 11.1. The van der Waals surface area contributed by atoms with Gasteiger partial charge in [0.15, 0.2) is 0 Å². The Morgan fingerprint density at radius 3 is 1.89 bits per heavy atom. The molecule has 0 bridgehead atoms. The molecule has 0 heterocycles. The van der Waals surface area contributed by atoms with Gasteiger partial charge < -0.3 is 0 Å². The van der Waals surface area contributed by atoms with E-state index >= 15 is 0 Å². The summed E-state index contributed by atoms with van der Waals surface area (Å²) in [5.41, 5.74) is 0. The second-order valence-corrected chi connectivity index (χ2v) is 1.28. The zero-order valence-electron chi connectivity index (χ0n) is 5.63. The second-order valence-electron chi connectivity index (χ2n) is 1.28. The van der Waals surface area contributed by atoms with Crippen molar-refractivity contribution in [3.63, 3.8) is 0 Å². The monoisotopic (exact) mass is 140 g/mol. The van der Waals surface area contributed by atoms with Crippen molar-refractivity contribution in [1.82, 2.24) is 0 Å². The first-order valence-corrected chi connectivity index (χ1v) is 2.66. The molecule has 3 heteroatoms. The molecule has 0 nitrogen and oxygen atoms in total. The molecule has 0 saturated heterocycles. The molecule has 9 heavy (non-hydrogen) atoms. The van der Waals surface area contributed by atoms with Crippen molar-refractivity contribution in [1.29, 1.82) is 0 Å². The topological polar surface area (TPSA) is 0 Å². The first-order valence-electron chi connectivity index (χ1n) is 2.66. The van der Waals surface area contributed by atoms with Gasteiger partial charge >= 0.3 is 0 Å². The van der Waals surface area contributed by atoms with Gasteiger partial charge in [-0.15, -0.1) is 0 Å². The van der Waals surface area contributed by atoms with Crippen LogP contribution >= 0.6 is 0 Å². The van der Waals surface area contributed by atoms with Gasteiger partial charge in [-0.2, -0.15) is 8.78 Å². The lowest BCUT2D eigenvalue weighted by Gasteiger charge is -1.78. The SMILES string of the molecule is CCCC=C(F)F.CF. The summed E-state index contributed by atoms with van der Waals surface area (Å²) in [7, 11) is 0.500. The van der Waals surface area contributed by atoms with Gasteiger partial charge in [0.2, 0.25) is 0 Å². The summed E-state index contributed by atoms with van der Waals surface area (Å²) in [4.78, 5) is 0. The van der Waals surface area contributed by atoms with Crippen LogP contribution in [-0.4, -0.2) is 7.18 Å². The fraction of sp³-hybridized carbons (Fsp3) is 0.667. The molecule has 0 N–H and O–H groups in total. The summed E-state index contributed by atoms with van der Waals surface area (Å²) >= 11 is 0. The Kier molecular flexibility index (Phi) is 13.2. The van der Waals surface area contributed by atoms with Crippen molar-refractivity contribution >= 4 is 0 Å². The number of unbranched alkanes of at least 4 members (excludes halogenated alkanes) is 1. The highest BCUT2D eigenvalue weighted by Crippen LogP contribution is 1.99. The summed E-state index contributed by atoms with van der Waals surface area (Å²) in [6.07, 6.45) is 0.640. The van der Waals surface area contributed by atoms with Gasteiger partial charge in [-0.3, -0.25) is 4.39 Å². The molecular formula is C6H11F3. The third kappa shape index (κ3) is 18.5. The van der Waals surface area contributed by atoms with E-state index in [2.05, 4.69) is 0 Å². The quantitative estimate of drug-likeness (QED) is 0.552. The fourth-order valence-corrected chi connectivity index (χ4v) is 0.253. The van der Waals surface area contributed by atoms with Crippen molar-refractivity contribution in [2.24, 2.45) is 0 Å². The Morgan fingerprint density at radius 2 is 1.78 bits per heavy atom. The molecule has 0 unspecified atom stereocenters. The predicted molar refractivity (Wildman–Crippen MR) is 32.2 cm³/mol. The van der Waals surface area contributed by atoms with Crippen LogP contribution in [0.1, 0.15) is 19.8 Å². The third-order valence-corrected chi connectivity index (χ3v) is 0.587. The molecule has 0 amide bonds. The van der Waals surface area contributed by atoms with Gasteiger partial charge in [0.1, 0.15) is 0 Å². The first-order chi connectivity index (χ1) is 4.27. The number of hydrogen-bond donors (Lipinski definition) is 0. The molecule has 0 rings (SSSR count). The number of rotatable bonds is 2. The van der Waals surface area contributed by atoms with Crippen LogP contribution in [0.4, 0.5) is 13.2 Å². The lowest BCUT2D eigenvalue weighted by Crippen LogP contribution is -1.60. The summed E-state index contributed by atoms with van der Waals surface area (Å²) in [5.74, 6) is 0. The minimum absolute atomic E-state index is 0.488. The molecule has 0 aromatic heterocycles. The Labute approximate surface area is 53.4 Å². The van der Waals surface area contributed by atoms with E-state index in [1.807, 2.05) is 6.92 Å². The average Bonchev–Trinajstić information content (AvgIpc) is 1.88. The minimum Gasteiger partial charge on any atom is -0.255 e. The molecule has 0 aliphatic heterocycles. The van der Waals surface area contributed by atoms with Crippen LogP contribution in [0.3, 0.4) is 0 Å². The lowest BCUT2D eigenvalue weighted by molar-refractivity contribution is 0.417. The normalized spacial score (nSPS) is 7.22. The minimum atomic E-state index is -1.57. The summed E-state index contributed by atoms with van der Waals surface area (Å²) < 4.78 is 31.7. The Balaban J connectivity index is 0. The van der Waals surface area contributed by atoms with E-state index in [1.54, 1.807) is 0 Å². The van der Waals surface area contributed by atoms with Crippen LogP contribution in [0, 0.1) is 0 Å². The van der Waals surface area contributed by atoms with E-state index in [9.17, 15) is 13.2 Å². The molecule has 0 atom stereocenters. The van der Waals surface area contributed by atoms with Gasteiger partial charge in [-0.25, -0.2) is 0 Å². The molecule has 0 aliphatic carbocycles. The molecule has 56 valence electrons. The highest BCUT2D eigenvalue weighted by Gasteiger charge is 1.82. The van der Waals surface area contributed by atoms with Crippen LogP contribution in [0.2, 0.25) is 0 Å². The average molecular weight is 140 g/mol. The number of halogens is 3. The molecule has 0 radical (unpaired) electrons. The standard InChI is InChI=1S/C5H8F2.CH3F/c1-2-3-4-5(6)7;1-2/h4H,2-3H2,1H3;1H3. The summed E-state index contributed by atoms with van der Waals surface area (Å²) in [5, 5.41) is 0. The highest BCUT2D eigenvalue weighted by atomic mass is 19.3. The molecule has 0 aromatic rings. The molecular weight excluding hydrogens is 129 g/mol. The van der Waals surface area contributed by atoms with E-state index in [1.165, 1.54) is 0 Å². The molecule has 0 fully saturated rings. The molecule has 0 aromatic carbocycles. The third-order valence-electron chi connectivity index (χ3n) is 0.587. The van der Waals surface area contributed by atoms with Crippen molar-refractivity contribution in [3.05, 3.63) is 12.2 Å². The zero-order chi connectivity index (χ0) is 7.70. The Bertz CT molecular complexity index is 64.7. The maximum Gasteiger partial charge on any atom is 0.266 e. The van der Waals surface area contributed by atoms with Gasteiger partial charge in [0.05, 0.1) is 7.18 Å². The van der Waals surface area contributed by atoms with E-state index in [-0.39, 0.29) is 0 Å². The predicted octanol–water partition coefficient (Wildman–Crippen LogP) is 3.15. The van der Waals surface area contributed by atoms with Crippen molar-refractivity contribution in [3.8, 4) is 0 Å². The van der Waals surface area contributed by atoms with Gasteiger partial charge in [-0.1, -0.05) is 13.3 Å². The Morgan fingerprint density at radius 1 is 1.33 bits per heavy atom. The van der Waals surface area contributed by atoms with Gasteiger partial charge in [0, 0.05) is 0 Å². The zero-order valence-corrected chi connectivity index (χ0v) is 5.63. The second kappa shape index (κ2) is 10.5. The summed E-state index contributed by atoms with van der Waals surface area (Å²) in [6.45, 7) is 1.86. The maximum absolute atomic E-state index is 11.1. The number of allylic oxidation sites excluding steroid dienone is 1. The van der Waals surface area contributed by atoms with Crippen LogP contribution in [0.5, 0.6) is 0 Å². The van der Waals surface area contributed by atoms with E-state index in [4.69, 9.17) is 0 Å². The molecule has 0 saturated carbocycles. The highest BCUT2D eigenvalue weighted by molar-refractivity contribution is 4.78. The molecule has 0 spiro atoms. The molecule has 0 aliphatic rings. The van der Waals surface area contributed by atoms with Crippen LogP contribution in [0.25, 0.3) is 0 Å². The van der Waals surface area contributed by atoms with Crippen LogP contribution in [-0.2, 0) is 0 Å². The van der Waals surface area contributed by atoms with E-state index in [0.717, 1.165) is 12.5 Å². The smallest absolute Gasteiger partial charge is 0.255 e. The van der Waals surface area contributed by atoms with Crippen LogP contribution in [0.15, 0.2) is 12.2 Å². The summed E-state index contributed by atoms with van der Waals surface area (Å²) in [6, 6.07) is 0. The number of hydrogen-bond acceptors (Lipinski definition) is 0. The van der Waals surface area contributed by atoms with Crippen molar-refractivity contribution in [2.75, 3.05) is 7.18 Å². The van der Waals surface area contributed by atoms with Crippen molar-refractivity contribution in [2.45, 2.75) is 19.8 Å².